The first-order valence-electron chi connectivity index (χ1n) is 6.14. The fourth-order valence-electron chi connectivity index (χ4n) is 1.62. The molecule has 1 aromatic heterocycles. The van der Waals surface area contributed by atoms with Crippen molar-refractivity contribution in [3.8, 4) is 0 Å². The van der Waals surface area contributed by atoms with Gasteiger partial charge in [0, 0.05) is 5.56 Å². The Morgan fingerprint density at radius 3 is 2.81 bits per heavy atom. The number of thiophene rings is 1. The maximum Gasteiger partial charge on any atom is 0.341 e. The van der Waals surface area contributed by atoms with Crippen molar-refractivity contribution in [2.45, 2.75) is 6.92 Å². The molecule has 2 rings (SSSR count). The lowest BCUT2D eigenvalue weighted by Gasteiger charge is -2.07. The smallest absolute Gasteiger partial charge is 0.341 e. The normalized spacial score (nSPS) is 10.2. The molecule has 0 spiro atoms. The van der Waals surface area contributed by atoms with Crippen LogP contribution < -0.4 is 11.1 Å². The summed E-state index contributed by atoms with van der Waals surface area (Å²) in [6.07, 6.45) is 0. The summed E-state index contributed by atoms with van der Waals surface area (Å²) in [4.78, 5) is 23.9. The number of rotatable bonds is 4. The Balaban J connectivity index is 2.18. The van der Waals surface area contributed by atoms with Crippen molar-refractivity contribution in [1.29, 1.82) is 0 Å². The average molecular weight is 325 g/mol. The van der Waals surface area contributed by atoms with E-state index in [1.165, 1.54) is 17.4 Å². The molecule has 0 aliphatic carbocycles. The van der Waals surface area contributed by atoms with Crippen molar-refractivity contribution in [2.75, 3.05) is 17.7 Å². The van der Waals surface area contributed by atoms with Crippen LogP contribution in [0.2, 0.25) is 5.02 Å². The quantitative estimate of drug-likeness (QED) is 0.667. The molecule has 0 unspecified atom stereocenters. The number of nitrogen functional groups attached to an aromatic ring is 1. The highest BCUT2D eigenvalue weighted by Gasteiger charge is 2.17. The lowest BCUT2D eigenvalue weighted by Crippen LogP contribution is -2.14. The van der Waals surface area contributed by atoms with Gasteiger partial charge in [0.05, 0.1) is 22.9 Å². The molecule has 0 aliphatic rings. The third-order valence-corrected chi connectivity index (χ3v) is 3.81. The Bertz CT molecular complexity index is 685. The highest BCUT2D eigenvalue weighted by molar-refractivity contribution is 7.14. The first-order valence-corrected chi connectivity index (χ1v) is 7.39. The predicted octanol–water partition coefficient (Wildman–Crippen LogP) is 3.41. The maximum atomic E-state index is 12.2. The van der Waals surface area contributed by atoms with Gasteiger partial charge in [-0.25, -0.2) is 4.79 Å². The number of halogens is 1. The van der Waals surface area contributed by atoms with Crippen LogP contribution in [-0.4, -0.2) is 18.5 Å². The lowest BCUT2D eigenvalue weighted by molar-refractivity contribution is 0.0528. The second-order valence-corrected chi connectivity index (χ2v) is 5.40. The molecule has 1 aromatic carbocycles. The van der Waals surface area contributed by atoms with Crippen molar-refractivity contribution in [3.63, 3.8) is 0 Å². The van der Waals surface area contributed by atoms with Gasteiger partial charge in [0.1, 0.15) is 5.00 Å². The molecule has 3 N–H and O–H groups in total. The second-order valence-electron chi connectivity index (χ2n) is 4.07. The lowest BCUT2D eigenvalue weighted by atomic mass is 10.2. The number of esters is 1. The van der Waals surface area contributed by atoms with Crippen LogP contribution >= 0.6 is 22.9 Å². The van der Waals surface area contributed by atoms with Gasteiger partial charge in [-0.2, -0.15) is 0 Å². The minimum Gasteiger partial charge on any atom is -0.462 e. The zero-order valence-electron chi connectivity index (χ0n) is 11.2. The van der Waals surface area contributed by atoms with Gasteiger partial charge in [0.15, 0.2) is 0 Å². The van der Waals surface area contributed by atoms with Crippen molar-refractivity contribution >= 4 is 45.5 Å². The molecule has 0 saturated carbocycles. The van der Waals surface area contributed by atoms with Crippen molar-refractivity contribution in [3.05, 3.63) is 45.8 Å². The van der Waals surface area contributed by atoms with E-state index in [0.29, 0.717) is 26.8 Å². The summed E-state index contributed by atoms with van der Waals surface area (Å²) >= 11 is 7.13. The maximum absolute atomic E-state index is 12.2. The highest BCUT2D eigenvalue weighted by atomic mass is 35.5. The number of amides is 1. The van der Waals surface area contributed by atoms with Crippen LogP contribution in [0.15, 0.2) is 29.6 Å². The largest absolute Gasteiger partial charge is 0.462 e. The van der Waals surface area contributed by atoms with E-state index in [2.05, 4.69) is 5.32 Å². The van der Waals surface area contributed by atoms with Crippen molar-refractivity contribution in [1.82, 2.24) is 0 Å². The van der Waals surface area contributed by atoms with Crippen LogP contribution in [0.3, 0.4) is 0 Å². The minimum absolute atomic E-state index is 0.273. The van der Waals surface area contributed by atoms with Crippen LogP contribution in [0.25, 0.3) is 0 Å². The first-order chi connectivity index (χ1) is 10.0. The molecule has 0 atom stereocenters. The van der Waals surface area contributed by atoms with Gasteiger partial charge in [-0.3, -0.25) is 4.79 Å². The fraction of sp³-hybridized carbons (Fsp3) is 0.143. The van der Waals surface area contributed by atoms with E-state index in [9.17, 15) is 9.59 Å². The van der Waals surface area contributed by atoms with Crippen LogP contribution in [0.5, 0.6) is 0 Å². The van der Waals surface area contributed by atoms with Gasteiger partial charge in [0.2, 0.25) is 0 Å². The van der Waals surface area contributed by atoms with Crippen LogP contribution in [-0.2, 0) is 4.74 Å². The molecule has 1 amide bonds. The summed E-state index contributed by atoms with van der Waals surface area (Å²) in [5.41, 5.74) is 6.69. The average Bonchev–Trinajstić information content (AvgIpc) is 2.90. The third kappa shape index (κ3) is 3.53. The van der Waals surface area contributed by atoms with Crippen molar-refractivity contribution in [2.24, 2.45) is 0 Å². The summed E-state index contributed by atoms with van der Waals surface area (Å²) in [7, 11) is 0. The van der Waals surface area contributed by atoms with Gasteiger partial charge >= 0.3 is 5.97 Å². The zero-order chi connectivity index (χ0) is 15.4. The molecular weight excluding hydrogens is 312 g/mol. The number of carbonyl (C=O) groups excluding carboxylic acids is 2. The Hall–Kier alpha value is -2.05. The van der Waals surface area contributed by atoms with Crippen LogP contribution in [0.1, 0.15) is 27.6 Å². The Morgan fingerprint density at radius 2 is 2.14 bits per heavy atom. The second kappa shape index (κ2) is 6.60. The Morgan fingerprint density at radius 1 is 1.38 bits per heavy atom. The monoisotopic (exact) mass is 324 g/mol. The number of hydrogen-bond donors (Lipinski definition) is 2. The number of nitrogens with two attached hydrogens (primary N) is 1. The number of hydrogen-bond acceptors (Lipinski definition) is 5. The van der Waals surface area contributed by atoms with Crippen LogP contribution in [0.4, 0.5) is 10.7 Å². The molecule has 2 aromatic rings. The van der Waals surface area contributed by atoms with Gasteiger partial charge in [-0.1, -0.05) is 11.6 Å². The number of nitrogens with one attached hydrogen (secondary N) is 1. The fourth-order valence-corrected chi connectivity index (χ4v) is 2.57. The van der Waals surface area contributed by atoms with E-state index in [1.807, 2.05) is 0 Å². The molecule has 0 saturated heterocycles. The number of benzene rings is 1. The third-order valence-electron chi connectivity index (χ3n) is 2.65. The topological polar surface area (TPSA) is 81.4 Å². The number of carbonyl (C=O) groups is 2. The molecule has 5 nitrogen and oxygen atoms in total. The molecule has 21 heavy (non-hydrogen) atoms. The van der Waals surface area contributed by atoms with Gasteiger partial charge in [-0.05, 0) is 36.6 Å². The zero-order valence-corrected chi connectivity index (χ0v) is 12.8. The first kappa shape index (κ1) is 15.3. The highest BCUT2D eigenvalue weighted by Crippen LogP contribution is 2.26. The van der Waals surface area contributed by atoms with Gasteiger partial charge in [-0.15, -0.1) is 11.3 Å². The summed E-state index contributed by atoms with van der Waals surface area (Å²) in [5.74, 6) is -0.839. The molecule has 0 fully saturated rings. The van der Waals surface area contributed by atoms with E-state index in [4.69, 9.17) is 22.1 Å². The van der Waals surface area contributed by atoms with E-state index < -0.39 is 5.97 Å². The minimum atomic E-state index is -0.468. The Labute approximate surface area is 130 Å². The van der Waals surface area contributed by atoms with Gasteiger partial charge < -0.3 is 15.8 Å². The van der Waals surface area contributed by atoms with E-state index >= 15 is 0 Å². The molecule has 0 aliphatic heterocycles. The van der Waals surface area contributed by atoms with Crippen molar-refractivity contribution < 1.29 is 14.3 Å². The summed E-state index contributed by atoms with van der Waals surface area (Å²) in [6.45, 7) is 1.99. The standard InChI is InChI=1S/C14H13ClN2O3S/c1-2-20-14(19)9-5-6-21-13(9)17-12(18)8-3-4-11(16)10(15)7-8/h3-7H,2,16H2,1H3,(H,17,18). The summed E-state index contributed by atoms with van der Waals surface area (Å²) < 4.78 is 4.93. The molecule has 0 bridgehead atoms. The molecular formula is C14H13ClN2O3S. The molecule has 0 radical (unpaired) electrons. The molecule has 110 valence electrons. The van der Waals surface area contributed by atoms with E-state index in [1.54, 1.807) is 30.5 Å². The van der Waals surface area contributed by atoms with Crippen LogP contribution in [0, 0.1) is 0 Å². The summed E-state index contributed by atoms with van der Waals surface area (Å²) in [6, 6.07) is 6.20. The number of ether oxygens (including phenoxy) is 1. The molecule has 7 heteroatoms. The van der Waals surface area contributed by atoms with E-state index in [0.717, 1.165) is 0 Å². The van der Waals surface area contributed by atoms with Gasteiger partial charge in [0.25, 0.3) is 5.91 Å². The SMILES string of the molecule is CCOC(=O)c1ccsc1NC(=O)c1ccc(N)c(Cl)c1. The summed E-state index contributed by atoms with van der Waals surface area (Å²) in [5, 5.41) is 5.12. The predicted molar refractivity (Wildman–Crippen MR) is 84.1 cm³/mol. The Kier molecular flexibility index (Phi) is 4.82. The molecule has 1 heterocycles. The van der Waals surface area contributed by atoms with E-state index in [-0.39, 0.29) is 12.5 Å². The number of anilines is 2.